The van der Waals surface area contributed by atoms with Crippen molar-refractivity contribution in [3.05, 3.63) is 69.6 Å². The van der Waals surface area contributed by atoms with Crippen molar-refractivity contribution in [1.29, 1.82) is 0 Å². The standard InChI is InChI=1S/C27H27N5O5S/c1-6-36-18-11-10-17(13-19(18)37-7-2)22-20(24(34)26(35)32(22)27-30-29-16(5)38-27)23(33)21-15(4)31-12-8-9-14(3)25(31)28-21/h8-13,22,33H,6-7H2,1-5H3/b23-20+. The van der Waals surface area contributed by atoms with Gasteiger partial charge in [-0.3, -0.25) is 14.5 Å². The van der Waals surface area contributed by atoms with E-state index in [9.17, 15) is 14.7 Å². The van der Waals surface area contributed by atoms with Crippen molar-refractivity contribution in [2.45, 2.75) is 40.7 Å². The monoisotopic (exact) mass is 533 g/mol. The number of carbonyl (C=O) groups excluding carboxylic acids is 2. The molecule has 1 amide bonds. The van der Waals surface area contributed by atoms with E-state index in [0.717, 1.165) is 5.56 Å². The average molecular weight is 534 g/mol. The van der Waals surface area contributed by atoms with Gasteiger partial charge >= 0.3 is 5.91 Å². The van der Waals surface area contributed by atoms with Gasteiger partial charge in [0.05, 0.1) is 30.5 Å². The van der Waals surface area contributed by atoms with Crippen LogP contribution in [0, 0.1) is 20.8 Å². The van der Waals surface area contributed by atoms with Crippen molar-refractivity contribution in [3.8, 4) is 11.5 Å². The van der Waals surface area contributed by atoms with Gasteiger partial charge in [0.2, 0.25) is 5.13 Å². The van der Waals surface area contributed by atoms with Crippen LogP contribution >= 0.6 is 11.3 Å². The van der Waals surface area contributed by atoms with E-state index in [0.29, 0.717) is 46.6 Å². The van der Waals surface area contributed by atoms with E-state index in [2.05, 4.69) is 15.2 Å². The minimum absolute atomic E-state index is 0.0846. The molecule has 1 unspecified atom stereocenters. The van der Waals surface area contributed by atoms with Crippen molar-refractivity contribution in [2.24, 2.45) is 0 Å². The van der Waals surface area contributed by atoms with Crippen LogP contribution in [0.15, 0.2) is 42.1 Å². The Kier molecular flexibility index (Phi) is 6.62. The maximum absolute atomic E-state index is 13.5. The second-order valence-electron chi connectivity index (χ2n) is 8.78. The first kappa shape index (κ1) is 25.4. The number of carbonyl (C=O) groups is 2. The van der Waals surface area contributed by atoms with Gasteiger partial charge in [0.15, 0.2) is 17.3 Å². The Hall–Kier alpha value is -4.25. The zero-order valence-corrected chi connectivity index (χ0v) is 22.5. The summed E-state index contributed by atoms with van der Waals surface area (Å²) >= 11 is 1.18. The summed E-state index contributed by atoms with van der Waals surface area (Å²) in [5.41, 5.74) is 2.88. The second kappa shape index (κ2) is 9.90. The van der Waals surface area contributed by atoms with Gasteiger partial charge in [-0.05, 0) is 63.9 Å². The lowest BCUT2D eigenvalue weighted by molar-refractivity contribution is -0.132. The van der Waals surface area contributed by atoms with Gasteiger partial charge in [0.25, 0.3) is 5.78 Å². The Morgan fingerprint density at radius 2 is 1.79 bits per heavy atom. The number of aromatic nitrogens is 4. The highest BCUT2D eigenvalue weighted by Gasteiger charge is 2.49. The minimum Gasteiger partial charge on any atom is -0.505 e. The molecule has 4 aromatic rings. The van der Waals surface area contributed by atoms with Gasteiger partial charge in [0.1, 0.15) is 16.3 Å². The third-order valence-electron chi connectivity index (χ3n) is 6.36. The molecular formula is C27H27N5O5S. The molecule has 10 nitrogen and oxygen atoms in total. The van der Waals surface area contributed by atoms with Crippen LogP contribution in [0.1, 0.15) is 47.4 Å². The van der Waals surface area contributed by atoms with Crippen molar-refractivity contribution in [1.82, 2.24) is 19.6 Å². The Labute approximate surface area is 223 Å². The van der Waals surface area contributed by atoms with Crippen LogP contribution in [0.25, 0.3) is 11.4 Å². The van der Waals surface area contributed by atoms with Gasteiger partial charge in [0, 0.05) is 6.20 Å². The second-order valence-corrected chi connectivity index (χ2v) is 9.94. The summed E-state index contributed by atoms with van der Waals surface area (Å²) < 4.78 is 13.4. The highest BCUT2D eigenvalue weighted by atomic mass is 32.1. The van der Waals surface area contributed by atoms with Gasteiger partial charge < -0.3 is 19.0 Å². The van der Waals surface area contributed by atoms with Crippen molar-refractivity contribution < 1.29 is 24.2 Å². The number of hydrogen-bond donors (Lipinski definition) is 1. The number of aliphatic hydroxyl groups is 1. The van der Waals surface area contributed by atoms with E-state index < -0.39 is 17.7 Å². The first-order valence-electron chi connectivity index (χ1n) is 12.2. The Morgan fingerprint density at radius 3 is 2.45 bits per heavy atom. The van der Waals surface area contributed by atoms with Gasteiger partial charge in [-0.1, -0.05) is 23.5 Å². The Morgan fingerprint density at radius 1 is 1.05 bits per heavy atom. The number of imidazole rings is 1. The van der Waals surface area contributed by atoms with Gasteiger partial charge in [-0.2, -0.15) is 0 Å². The fourth-order valence-corrected chi connectivity index (χ4v) is 5.35. The molecule has 3 aromatic heterocycles. The molecule has 0 aliphatic carbocycles. The molecule has 4 heterocycles. The molecule has 1 saturated heterocycles. The number of aryl methyl sites for hydroxylation is 3. The molecule has 0 saturated carbocycles. The van der Waals surface area contributed by atoms with E-state index in [1.165, 1.54) is 16.2 Å². The number of pyridine rings is 1. The summed E-state index contributed by atoms with van der Waals surface area (Å²) in [5, 5.41) is 20.7. The first-order valence-corrected chi connectivity index (χ1v) is 13.0. The van der Waals surface area contributed by atoms with Gasteiger partial charge in [-0.15, -0.1) is 10.2 Å². The number of aliphatic hydroxyl groups excluding tert-OH is 1. The molecule has 196 valence electrons. The van der Waals surface area contributed by atoms with Crippen LogP contribution in [-0.4, -0.2) is 49.6 Å². The van der Waals surface area contributed by atoms with Crippen LogP contribution in [0.3, 0.4) is 0 Å². The van der Waals surface area contributed by atoms with E-state index in [1.807, 2.05) is 43.5 Å². The van der Waals surface area contributed by atoms with E-state index in [4.69, 9.17) is 9.47 Å². The SMILES string of the molecule is CCOc1ccc(C2/C(=C(\O)c3nc4c(C)cccn4c3C)C(=O)C(=O)N2c2nnc(C)s2)cc1OCC. The number of ketones is 1. The quantitative estimate of drug-likeness (QED) is 0.209. The predicted molar refractivity (Wildman–Crippen MR) is 143 cm³/mol. The highest BCUT2D eigenvalue weighted by molar-refractivity contribution is 7.15. The average Bonchev–Trinajstić information content (AvgIpc) is 3.55. The third kappa shape index (κ3) is 4.08. The number of hydrogen-bond acceptors (Lipinski definition) is 9. The summed E-state index contributed by atoms with van der Waals surface area (Å²) in [7, 11) is 0. The molecule has 0 bridgehead atoms. The molecule has 11 heteroatoms. The van der Waals surface area contributed by atoms with Gasteiger partial charge in [-0.25, -0.2) is 4.98 Å². The number of rotatable bonds is 7. The fourth-order valence-electron chi connectivity index (χ4n) is 4.64. The molecule has 1 aromatic carbocycles. The molecule has 1 fully saturated rings. The Balaban J connectivity index is 1.76. The highest BCUT2D eigenvalue weighted by Crippen LogP contribution is 2.45. The van der Waals surface area contributed by atoms with Crippen LogP contribution in [0.2, 0.25) is 0 Å². The third-order valence-corrected chi connectivity index (χ3v) is 7.20. The molecule has 0 spiro atoms. The lowest BCUT2D eigenvalue weighted by Crippen LogP contribution is -2.29. The normalized spacial score (nSPS) is 17.0. The molecule has 5 rings (SSSR count). The van der Waals surface area contributed by atoms with Crippen LogP contribution in [0.4, 0.5) is 5.13 Å². The minimum atomic E-state index is -0.984. The number of Topliss-reactive ketones (excluding diaryl/α,β-unsaturated/α-hetero) is 1. The summed E-state index contributed by atoms with van der Waals surface area (Å²) in [6, 6.07) is 8.01. The number of fused-ring (bicyclic) bond motifs is 1. The van der Waals surface area contributed by atoms with Crippen LogP contribution in [-0.2, 0) is 9.59 Å². The van der Waals surface area contributed by atoms with Crippen LogP contribution < -0.4 is 14.4 Å². The smallest absolute Gasteiger partial charge is 0.301 e. The first-order chi connectivity index (χ1) is 18.3. The zero-order chi connectivity index (χ0) is 27.1. The van der Waals surface area contributed by atoms with Crippen molar-refractivity contribution in [3.63, 3.8) is 0 Å². The largest absolute Gasteiger partial charge is 0.505 e. The molecule has 0 radical (unpaired) electrons. The summed E-state index contributed by atoms with van der Waals surface area (Å²) in [5.74, 6) is -0.999. The summed E-state index contributed by atoms with van der Waals surface area (Å²) in [6.07, 6.45) is 1.84. The molecule has 1 atom stereocenters. The number of amides is 1. The topological polar surface area (TPSA) is 119 Å². The number of ether oxygens (including phenoxy) is 2. The predicted octanol–water partition coefficient (Wildman–Crippen LogP) is 4.53. The Bertz CT molecular complexity index is 1600. The molecule has 1 aliphatic heterocycles. The summed E-state index contributed by atoms with van der Waals surface area (Å²) in [6.45, 7) is 10.0. The van der Waals surface area contributed by atoms with Crippen molar-refractivity contribution >= 4 is 39.6 Å². The van der Waals surface area contributed by atoms with E-state index >= 15 is 0 Å². The maximum atomic E-state index is 13.5. The fraction of sp³-hybridized carbons (Fsp3) is 0.296. The molecule has 1 aliphatic rings. The van der Waals surface area contributed by atoms with E-state index in [1.54, 1.807) is 32.0 Å². The van der Waals surface area contributed by atoms with E-state index in [-0.39, 0.29) is 22.2 Å². The molecule has 1 N–H and O–H groups in total. The number of anilines is 1. The lowest BCUT2D eigenvalue weighted by Gasteiger charge is -2.23. The maximum Gasteiger partial charge on any atom is 0.301 e. The van der Waals surface area contributed by atoms with Crippen molar-refractivity contribution in [2.75, 3.05) is 18.1 Å². The van der Waals surface area contributed by atoms with Crippen LogP contribution in [0.5, 0.6) is 11.5 Å². The molecule has 38 heavy (non-hydrogen) atoms. The summed E-state index contributed by atoms with van der Waals surface area (Å²) in [4.78, 5) is 32.9. The number of nitrogens with zero attached hydrogens (tertiary/aromatic N) is 5. The number of benzene rings is 1. The lowest BCUT2D eigenvalue weighted by atomic mass is 9.96. The zero-order valence-electron chi connectivity index (χ0n) is 21.7. The molecular weight excluding hydrogens is 506 g/mol.